The normalized spacial score (nSPS) is 13.3. The van der Waals surface area contributed by atoms with E-state index in [-0.39, 0.29) is 5.41 Å². The standard InChI is InChI=1S/C49H38N2/c1-31-19-23-41-42-24-20-32(2)28-48(42)51(47(41)27-31)36-22-26-40-39-25-21-35(29-43(39)49(3,4)44(40)30-36)50(45-17-9-13-33-11-5-7-15-37(33)45)46-18-10-14-34-12-6-8-16-38(34)46/h5-30H,1-4H3. The maximum absolute atomic E-state index is 2.47. The smallest absolute Gasteiger partial charge is 0.0543 e. The summed E-state index contributed by atoms with van der Waals surface area (Å²) in [5, 5.41) is 7.53. The Bertz CT molecular complexity index is 2720. The summed E-state index contributed by atoms with van der Waals surface area (Å²) in [7, 11) is 0. The van der Waals surface area contributed by atoms with Crippen LogP contribution >= 0.6 is 0 Å². The molecule has 0 saturated carbocycles. The Kier molecular flexibility index (Phi) is 6.38. The number of benzene rings is 8. The number of anilines is 3. The number of aryl methyl sites for hydroxylation is 2. The van der Waals surface area contributed by atoms with Gasteiger partial charge < -0.3 is 9.47 Å². The lowest BCUT2D eigenvalue weighted by Crippen LogP contribution is -2.17. The molecule has 1 aliphatic carbocycles. The Morgan fingerprint density at radius 2 is 0.961 bits per heavy atom. The van der Waals surface area contributed by atoms with Crippen LogP contribution in [0.4, 0.5) is 17.1 Å². The van der Waals surface area contributed by atoms with E-state index in [1.165, 1.54) is 93.8 Å². The first-order valence-electron chi connectivity index (χ1n) is 17.9. The summed E-state index contributed by atoms with van der Waals surface area (Å²) in [5.74, 6) is 0. The highest BCUT2D eigenvalue weighted by atomic mass is 15.1. The van der Waals surface area contributed by atoms with Crippen LogP contribution in [0.15, 0.2) is 158 Å². The SMILES string of the molecule is Cc1ccc2c3ccc(C)cc3n(-c3ccc4c(c3)C(C)(C)c3cc(N(c5cccc6ccccc56)c5cccc6ccccc56)ccc3-4)c2c1. The highest BCUT2D eigenvalue weighted by molar-refractivity contribution is 6.10. The van der Waals surface area contributed by atoms with Crippen molar-refractivity contribution in [1.82, 2.24) is 4.57 Å². The van der Waals surface area contributed by atoms with Gasteiger partial charge in [-0.15, -0.1) is 0 Å². The van der Waals surface area contributed by atoms with Gasteiger partial charge in [0.15, 0.2) is 0 Å². The lowest BCUT2D eigenvalue weighted by Gasteiger charge is -2.30. The molecule has 0 N–H and O–H groups in total. The topological polar surface area (TPSA) is 8.17 Å². The van der Waals surface area contributed by atoms with E-state index in [2.05, 4.69) is 195 Å². The third kappa shape index (κ3) is 4.43. The van der Waals surface area contributed by atoms with E-state index in [1.807, 2.05) is 0 Å². The number of hydrogen-bond donors (Lipinski definition) is 0. The molecule has 2 heteroatoms. The van der Waals surface area contributed by atoms with Crippen LogP contribution < -0.4 is 4.90 Å². The first-order chi connectivity index (χ1) is 24.9. The largest absolute Gasteiger partial charge is 0.309 e. The molecule has 0 radical (unpaired) electrons. The molecule has 10 rings (SSSR count). The molecule has 1 aromatic heterocycles. The molecular formula is C49H38N2. The first kappa shape index (κ1) is 29.8. The van der Waals surface area contributed by atoms with Crippen molar-refractivity contribution in [2.24, 2.45) is 0 Å². The van der Waals surface area contributed by atoms with Crippen LogP contribution in [0.3, 0.4) is 0 Å². The van der Waals surface area contributed by atoms with Crippen LogP contribution in [0, 0.1) is 13.8 Å². The molecule has 9 aromatic rings. The van der Waals surface area contributed by atoms with Gasteiger partial charge in [0.2, 0.25) is 0 Å². The zero-order chi connectivity index (χ0) is 34.4. The average Bonchev–Trinajstić information content (AvgIpc) is 3.58. The van der Waals surface area contributed by atoms with Gasteiger partial charge in [0.25, 0.3) is 0 Å². The van der Waals surface area contributed by atoms with Crippen LogP contribution in [-0.2, 0) is 5.41 Å². The minimum atomic E-state index is -0.204. The van der Waals surface area contributed by atoms with Crippen LogP contribution in [-0.4, -0.2) is 4.57 Å². The van der Waals surface area contributed by atoms with Crippen LogP contribution in [0.25, 0.3) is 60.2 Å². The number of fused-ring (bicyclic) bond motifs is 8. The zero-order valence-electron chi connectivity index (χ0n) is 29.4. The maximum atomic E-state index is 2.47. The molecule has 2 nitrogen and oxygen atoms in total. The second-order valence-corrected chi connectivity index (χ2v) is 14.8. The van der Waals surface area contributed by atoms with Crippen molar-refractivity contribution in [3.8, 4) is 16.8 Å². The molecule has 0 atom stereocenters. The molecule has 0 bridgehead atoms. The molecule has 0 saturated heterocycles. The van der Waals surface area contributed by atoms with Crippen molar-refractivity contribution in [1.29, 1.82) is 0 Å². The highest BCUT2D eigenvalue weighted by Gasteiger charge is 2.37. The van der Waals surface area contributed by atoms with E-state index in [4.69, 9.17) is 0 Å². The van der Waals surface area contributed by atoms with Gasteiger partial charge in [0.1, 0.15) is 0 Å². The minimum absolute atomic E-state index is 0.204. The Morgan fingerprint density at radius 1 is 0.451 bits per heavy atom. The fraction of sp³-hybridized carbons (Fsp3) is 0.102. The van der Waals surface area contributed by atoms with Crippen LogP contribution in [0.1, 0.15) is 36.1 Å². The Labute approximate surface area is 298 Å². The molecule has 0 fully saturated rings. The third-order valence-electron chi connectivity index (χ3n) is 11.3. The lowest BCUT2D eigenvalue weighted by molar-refractivity contribution is 0.660. The molecule has 0 aliphatic heterocycles. The quantitative estimate of drug-likeness (QED) is 0.183. The molecule has 0 unspecified atom stereocenters. The van der Waals surface area contributed by atoms with Gasteiger partial charge >= 0.3 is 0 Å². The summed E-state index contributed by atoms with van der Waals surface area (Å²) in [6, 6.07) is 58.7. The molecule has 244 valence electrons. The number of nitrogens with zero attached hydrogens (tertiary/aromatic N) is 2. The Morgan fingerprint density at radius 3 is 1.55 bits per heavy atom. The van der Waals surface area contributed by atoms with Gasteiger partial charge in [-0.3, -0.25) is 0 Å². The molecule has 1 aliphatic rings. The van der Waals surface area contributed by atoms with Gasteiger partial charge in [0.05, 0.1) is 22.4 Å². The Hall–Kier alpha value is -6.12. The summed E-state index contributed by atoms with van der Waals surface area (Å²) in [6.45, 7) is 9.16. The van der Waals surface area contributed by atoms with Gasteiger partial charge in [-0.2, -0.15) is 0 Å². The minimum Gasteiger partial charge on any atom is -0.309 e. The van der Waals surface area contributed by atoms with E-state index >= 15 is 0 Å². The molecule has 1 heterocycles. The van der Waals surface area contributed by atoms with Crippen molar-refractivity contribution >= 4 is 60.4 Å². The van der Waals surface area contributed by atoms with Crippen molar-refractivity contribution < 1.29 is 0 Å². The second-order valence-electron chi connectivity index (χ2n) is 14.8. The summed E-state index contributed by atoms with van der Waals surface area (Å²) >= 11 is 0. The van der Waals surface area contributed by atoms with Crippen molar-refractivity contribution in [2.45, 2.75) is 33.1 Å². The van der Waals surface area contributed by atoms with E-state index in [9.17, 15) is 0 Å². The number of aromatic nitrogens is 1. The fourth-order valence-electron chi connectivity index (χ4n) is 8.72. The van der Waals surface area contributed by atoms with E-state index in [1.54, 1.807) is 0 Å². The van der Waals surface area contributed by atoms with E-state index in [0.29, 0.717) is 0 Å². The van der Waals surface area contributed by atoms with Gasteiger partial charge in [-0.1, -0.05) is 123 Å². The van der Waals surface area contributed by atoms with E-state index in [0.717, 1.165) is 5.69 Å². The predicted molar refractivity (Wildman–Crippen MR) is 218 cm³/mol. The van der Waals surface area contributed by atoms with Crippen molar-refractivity contribution in [3.63, 3.8) is 0 Å². The fourth-order valence-corrected chi connectivity index (χ4v) is 8.72. The molecular weight excluding hydrogens is 617 g/mol. The molecule has 0 amide bonds. The van der Waals surface area contributed by atoms with Crippen LogP contribution in [0.2, 0.25) is 0 Å². The monoisotopic (exact) mass is 654 g/mol. The van der Waals surface area contributed by atoms with Crippen molar-refractivity contribution in [2.75, 3.05) is 4.90 Å². The summed E-state index contributed by atoms with van der Waals surface area (Å²) in [6.07, 6.45) is 0. The molecule has 0 spiro atoms. The third-order valence-corrected chi connectivity index (χ3v) is 11.3. The van der Waals surface area contributed by atoms with Gasteiger partial charge in [-0.25, -0.2) is 0 Å². The number of rotatable bonds is 4. The zero-order valence-corrected chi connectivity index (χ0v) is 29.4. The molecule has 51 heavy (non-hydrogen) atoms. The van der Waals surface area contributed by atoms with E-state index < -0.39 is 0 Å². The average molecular weight is 655 g/mol. The summed E-state index contributed by atoms with van der Waals surface area (Å²) in [5.41, 5.74) is 14.9. The van der Waals surface area contributed by atoms with Gasteiger partial charge in [-0.05, 0) is 107 Å². The van der Waals surface area contributed by atoms with Crippen molar-refractivity contribution in [3.05, 3.63) is 180 Å². The predicted octanol–water partition coefficient (Wildman–Crippen LogP) is 13.5. The van der Waals surface area contributed by atoms with Gasteiger partial charge in [0, 0.05) is 38.3 Å². The summed E-state index contributed by atoms with van der Waals surface area (Å²) < 4.78 is 2.47. The highest BCUT2D eigenvalue weighted by Crippen LogP contribution is 2.52. The lowest BCUT2D eigenvalue weighted by atomic mass is 9.82. The first-order valence-corrected chi connectivity index (χ1v) is 17.9. The number of hydrogen-bond acceptors (Lipinski definition) is 1. The van der Waals surface area contributed by atoms with Crippen LogP contribution in [0.5, 0.6) is 0 Å². The Balaban J connectivity index is 1.17. The maximum Gasteiger partial charge on any atom is 0.0543 e. The second kappa shape index (κ2) is 10.9. The summed E-state index contributed by atoms with van der Waals surface area (Å²) in [4.78, 5) is 2.47. The molecule has 8 aromatic carbocycles.